The van der Waals surface area contributed by atoms with E-state index in [9.17, 15) is 5.11 Å². The molecule has 0 amide bonds. The molecule has 1 aromatic heterocycles. The van der Waals surface area contributed by atoms with Crippen molar-refractivity contribution in [2.75, 3.05) is 0 Å². The smallest absolute Gasteiger partial charge is 0.160 e. The number of hydrogen-bond acceptors (Lipinski definition) is 2. The van der Waals surface area contributed by atoms with Gasteiger partial charge in [-0.05, 0) is 25.7 Å². The molecular weight excluding hydrogens is 200 g/mol. The van der Waals surface area contributed by atoms with Crippen molar-refractivity contribution in [2.24, 2.45) is 0 Å². The van der Waals surface area contributed by atoms with Crippen molar-refractivity contribution >= 4 is 0 Å². The molecule has 0 saturated heterocycles. The van der Waals surface area contributed by atoms with Crippen LogP contribution in [0.5, 0.6) is 5.75 Å². The SMILES string of the molecule is CCCCc1nn(CCCC)c(CC)c1O. The van der Waals surface area contributed by atoms with Crippen molar-refractivity contribution < 1.29 is 5.11 Å². The van der Waals surface area contributed by atoms with Gasteiger partial charge in [0.05, 0.1) is 5.69 Å². The molecule has 92 valence electrons. The molecule has 0 atom stereocenters. The van der Waals surface area contributed by atoms with Crippen molar-refractivity contribution in [2.45, 2.75) is 65.8 Å². The van der Waals surface area contributed by atoms with Gasteiger partial charge in [0.25, 0.3) is 0 Å². The van der Waals surface area contributed by atoms with Gasteiger partial charge in [-0.25, -0.2) is 0 Å². The van der Waals surface area contributed by atoms with Gasteiger partial charge < -0.3 is 5.11 Å². The Hall–Kier alpha value is -0.990. The lowest BCUT2D eigenvalue weighted by atomic mass is 10.1. The molecule has 0 aliphatic heterocycles. The zero-order valence-corrected chi connectivity index (χ0v) is 10.8. The number of rotatable bonds is 7. The van der Waals surface area contributed by atoms with Crippen LogP contribution < -0.4 is 0 Å². The Kier molecular flexibility index (Phi) is 5.36. The summed E-state index contributed by atoms with van der Waals surface area (Å²) < 4.78 is 1.99. The summed E-state index contributed by atoms with van der Waals surface area (Å²) in [4.78, 5) is 0. The maximum absolute atomic E-state index is 10.1. The van der Waals surface area contributed by atoms with Crippen LogP contribution >= 0.6 is 0 Å². The fourth-order valence-corrected chi connectivity index (χ4v) is 1.90. The summed E-state index contributed by atoms with van der Waals surface area (Å²) >= 11 is 0. The summed E-state index contributed by atoms with van der Waals surface area (Å²) in [6, 6.07) is 0. The van der Waals surface area contributed by atoms with Gasteiger partial charge in [-0.2, -0.15) is 5.10 Å². The average Bonchev–Trinajstić information content (AvgIpc) is 2.60. The molecule has 0 aliphatic rings. The van der Waals surface area contributed by atoms with E-state index in [1.54, 1.807) is 0 Å². The van der Waals surface area contributed by atoms with Crippen LogP contribution in [0.2, 0.25) is 0 Å². The van der Waals surface area contributed by atoms with Crippen LogP contribution in [0.25, 0.3) is 0 Å². The first-order chi connectivity index (χ1) is 7.74. The van der Waals surface area contributed by atoms with Crippen LogP contribution in [0.1, 0.15) is 57.8 Å². The molecular formula is C13H24N2O. The summed E-state index contributed by atoms with van der Waals surface area (Å²) in [6.45, 7) is 7.33. The second kappa shape index (κ2) is 6.56. The van der Waals surface area contributed by atoms with Crippen LogP contribution in [0.15, 0.2) is 0 Å². The van der Waals surface area contributed by atoms with Gasteiger partial charge in [0.2, 0.25) is 0 Å². The Morgan fingerprint density at radius 1 is 1.12 bits per heavy atom. The first kappa shape index (κ1) is 13.1. The van der Waals surface area contributed by atoms with Crippen LogP contribution in [0, 0.1) is 0 Å². The molecule has 0 radical (unpaired) electrons. The topological polar surface area (TPSA) is 38.0 Å². The van der Waals surface area contributed by atoms with Crippen LogP contribution in [-0.2, 0) is 19.4 Å². The Morgan fingerprint density at radius 2 is 1.81 bits per heavy atom. The first-order valence-corrected chi connectivity index (χ1v) is 6.52. The molecule has 1 aromatic rings. The van der Waals surface area contributed by atoms with E-state index in [2.05, 4.69) is 25.9 Å². The number of aromatic nitrogens is 2. The average molecular weight is 224 g/mol. The zero-order chi connectivity index (χ0) is 12.0. The van der Waals surface area contributed by atoms with Crippen molar-refractivity contribution in [3.05, 3.63) is 11.4 Å². The fourth-order valence-electron chi connectivity index (χ4n) is 1.90. The molecule has 1 N–H and O–H groups in total. The summed E-state index contributed by atoms with van der Waals surface area (Å²) in [5.41, 5.74) is 1.88. The molecule has 1 heterocycles. The van der Waals surface area contributed by atoms with E-state index in [1.165, 1.54) is 0 Å². The predicted octanol–water partition coefficient (Wildman–Crippen LogP) is 3.29. The minimum atomic E-state index is 0.437. The second-order valence-electron chi connectivity index (χ2n) is 4.28. The standard InChI is InChI=1S/C13H24N2O/c1-4-7-9-11-13(16)12(6-3)15(14-11)10-8-5-2/h16H,4-10H2,1-3H3. The third-order valence-electron chi connectivity index (χ3n) is 2.93. The van der Waals surface area contributed by atoms with Crippen molar-refractivity contribution in [3.8, 4) is 5.75 Å². The largest absolute Gasteiger partial charge is 0.504 e. The Labute approximate surface area is 98.5 Å². The molecule has 3 heteroatoms. The van der Waals surface area contributed by atoms with Gasteiger partial charge in [-0.1, -0.05) is 33.6 Å². The molecule has 1 rings (SSSR count). The minimum absolute atomic E-state index is 0.437. The molecule has 0 saturated carbocycles. The number of hydrogen-bond donors (Lipinski definition) is 1. The summed E-state index contributed by atoms with van der Waals surface area (Å²) in [6.07, 6.45) is 6.28. The quantitative estimate of drug-likeness (QED) is 0.771. The van der Waals surface area contributed by atoms with E-state index in [0.717, 1.165) is 56.5 Å². The minimum Gasteiger partial charge on any atom is -0.504 e. The zero-order valence-electron chi connectivity index (χ0n) is 10.8. The predicted molar refractivity (Wildman–Crippen MR) is 66.8 cm³/mol. The van der Waals surface area contributed by atoms with Crippen molar-refractivity contribution in [3.63, 3.8) is 0 Å². The van der Waals surface area contributed by atoms with E-state index < -0.39 is 0 Å². The molecule has 0 unspecified atom stereocenters. The first-order valence-electron chi connectivity index (χ1n) is 6.52. The lowest BCUT2D eigenvalue weighted by Gasteiger charge is -2.03. The highest BCUT2D eigenvalue weighted by molar-refractivity contribution is 5.32. The third-order valence-corrected chi connectivity index (χ3v) is 2.93. The third kappa shape index (κ3) is 3.00. The maximum Gasteiger partial charge on any atom is 0.160 e. The van der Waals surface area contributed by atoms with Gasteiger partial charge in [-0.15, -0.1) is 0 Å². The molecule has 16 heavy (non-hydrogen) atoms. The monoisotopic (exact) mass is 224 g/mol. The van der Waals surface area contributed by atoms with Gasteiger partial charge in [0.1, 0.15) is 5.69 Å². The highest BCUT2D eigenvalue weighted by Gasteiger charge is 2.14. The Morgan fingerprint density at radius 3 is 2.38 bits per heavy atom. The van der Waals surface area contributed by atoms with Crippen molar-refractivity contribution in [1.82, 2.24) is 9.78 Å². The Balaban J connectivity index is 2.81. The highest BCUT2D eigenvalue weighted by Crippen LogP contribution is 2.24. The Bertz CT molecular complexity index is 318. The fraction of sp³-hybridized carbons (Fsp3) is 0.769. The highest BCUT2D eigenvalue weighted by atomic mass is 16.3. The van der Waals surface area contributed by atoms with Crippen molar-refractivity contribution in [1.29, 1.82) is 0 Å². The molecule has 0 bridgehead atoms. The number of nitrogens with zero attached hydrogens (tertiary/aromatic N) is 2. The summed E-state index contributed by atoms with van der Waals surface area (Å²) in [7, 11) is 0. The van der Waals surface area contributed by atoms with Crippen LogP contribution in [0.4, 0.5) is 0 Å². The molecule has 0 aliphatic carbocycles. The lowest BCUT2D eigenvalue weighted by molar-refractivity contribution is 0.456. The summed E-state index contributed by atoms with van der Waals surface area (Å²) in [5.74, 6) is 0.437. The van der Waals surface area contributed by atoms with Gasteiger partial charge in [-0.3, -0.25) is 4.68 Å². The molecule has 0 spiro atoms. The van der Waals surface area contributed by atoms with E-state index in [4.69, 9.17) is 0 Å². The molecule has 0 aromatic carbocycles. The molecule has 0 fully saturated rings. The van der Waals surface area contributed by atoms with Crippen LogP contribution in [-0.4, -0.2) is 14.9 Å². The van der Waals surface area contributed by atoms with E-state index in [0.29, 0.717) is 5.75 Å². The van der Waals surface area contributed by atoms with Gasteiger partial charge >= 0.3 is 0 Å². The number of unbranched alkanes of at least 4 members (excludes halogenated alkanes) is 2. The number of aromatic hydroxyl groups is 1. The maximum atomic E-state index is 10.1. The second-order valence-corrected chi connectivity index (χ2v) is 4.28. The van der Waals surface area contributed by atoms with E-state index in [-0.39, 0.29) is 0 Å². The number of aryl methyl sites for hydroxylation is 2. The molecule has 3 nitrogen and oxygen atoms in total. The van der Waals surface area contributed by atoms with E-state index in [1.807, 2.05) is 4.68 Å². The van der Waals surface area contributed by atoms with Gasteiger partial charge in [0.15, 0.2) is 5.75 Å². The van der Waals surface area contributed by atoms with E-state index >= 15 is 0 Å². The lowest BCUT2D eigenvalue weighted by Crippen LogP contribution is -2.04. The van der Waals surface area contributed by atoms with Gasteiger partial charge in [0, 0.05) is 6.54 Å². The van der Waals surface area contributed by atoms with Crippen LogP contribution in [0.3, 0.4) is 0 Å². The summed E-state index contributed by atoms with van der Waals surface area (Å²) in [5, 5.41) is 14.6. The normalized spacial score (nSPS) is 10.9.